The molecule has 0 aromatic rings. The molecule has 0 spiro atoms. The zero-order valence-corrected chi connectivity index (χ0v) is 9.17. The van der Waals surface area contributed by atoms with Gasteiger partial charge in [-0.1, -0.05) is 20.3 Å². The monoisotopic (exact) mass is 187 g/mol. The zero-order chi connectivity index (χ0) is 10.3. The number of hydrogen-bond acceptors (Lipinski definition) is 2. The molecule has 0 radical (unpaired) electrons. The van der Waals surface area contributed by atoms with E-state index in [0.717, 1.165) is 25.8 Å². The summed E-state index contributed by atoms with van der Waals surface area (Å²) < 4.78 is 4.72. The molecule has 0 heterocycles. The number of ether oxygens (including phenoxy) is 1. The summed E-state index contributed by atoms with van der Waals surface area (Å²) in [6.07, 6.45) is 2.91. The van der Waals surface area contributed by atoms with Crippen molar-refractivity contribution in [3.05, 3.63) is 0 Å². The summed E-state index contributed by atoms with van der Waals surface area (Å²) in [6, 6.07) is 0.277. The highest BCUT2D eigenvalue weighted by Crippen LogP contribution is 2.07. The van der Waals surface area contributed by atoms with E-state index >= 15 is 0 Å². The van der Waals surface area contributed by atoms with E-state index in [4.69, 9.17) is 4.74 Å². The Morgan fingerprint density at radius 1 is 1.46 bits per heavy atom. The Morgan fingerprint density at radius 3 is 2.46 bits per heavy atom. The fourth-order valence-electron chi connectivity index (χ4n) is 1.16. The number of methoxy groups -OCH3 is 1. The lowest BCUT2D eigenvalue weighted by molar-refractivity contribution is 0.106. The van der Waals surface area contributed by atoms with E-state index in [9.17, 15) is 4.79 Å². The summed E-state index contributed by atoms with van der Waals surface area (Å²) in [5, 5.41) is 0. The maximum atomic E-state index is 11.3. The van der Waals surface area contributed by atoms with Gasteiger partial charge in [-0.05, 0) is 19.8 Å². The topological polar surface area (TPSA) is 29.5 Å². The summed E-state index contributed by atoms with van der Waals surface area (Å²) in [7, 11) is 1.43. The Bertz CT molecular complexity index is 148. The lowest BCUT2D eigenvalue weighted by Crippen LogP contribution is -2.38. The standard InChI is InChI=1S/C10H21NO2/c1-5-7-8-11(9(3)6-2)10(12)13-4/h9H,5-8H2,1-4H3. The Balaban J connectivity index is 4.09. The largest absolute Gasteiger partial charge is 0.453 e. The van der Waals surface area contributed by atoms with Gasteiger partial charge in [-0.2, -0.15) is 0 Å². The van der Waals surface area contributed by atoms with Crippen molar-refractivity contribution in [3.8, 4) is 0 Å². The molecule has 0 saturated carbocycles. The molecule has 0 aliphatic carbocycles. The SMILES string of the molecule is CCCCN(C(=O)OC)C(C)CC. The van der Waals surface area contributed by atoms with Crippen molar-refractivity contribution in [2.75, 3.05) is 13.7 Å². The lowest BCUT2D eigenvalue weighted by atomic mass is 10.2. The third kappa shape index (κ3) is 4.15. The predicted octanol–water partition coefficient (Wildman–Crippen LogP) is 2.65. The molecule has 0 fully saturated rings. The highest BCUT2D eigenvalue weighted by Gasteiger charge is 2.17. The van der Waals surface area contributed by atoms with E-state index in [-0.39, 0.29) is 12.1 Å². The molecule has 78 valence electrons. The highest BCUT2D eigenvalue weighted by atomic mass is 16.5. The van der Waals surface area contributed by atoms with Crippen molar-refractivity contribution in [2.24, 2.45) is 0 Å². The second kappa shape index (κ2) is 6.75. The first kappa shape index (κ1) is 12.3. The molecule has 0 aromatic heterocycles. The van der Waals surface area contributed by atoms with Crippen LogP contribution in [0.1, 0.15) is 40.0 Å². The molecular formula is C10H21NO2. The van der Waals surface area contributed by atoms with Crippen LogP contribution in [0.3, 0.4) is 0 Å². The summed E-state index contributed by atoms with van der Waals surface area (Å²) in [4.78, 5) is 13.1. The normalized spacial score (nSPS) is 12.3. The first-order valence-electron chi connectivity index (χ1n) is 5.01. The number of rotatable bonds is 5. The van der Waals surface area contributed by atoms with Crippen molar-refractivity contribution in [1.82, 2.24) is 4.90 Å². The second-order valence-corrected chi connectivity index (χ2v) is 3.27. The summed E-state index contributed by atoms with van der Waals surface area (Å²) in [5.74, 6) is 0. The molecule has 0 aromatic carbocycles. The lowest BCUT2D eigenvalue weighted by Gasteiger charge is -2.26. The van der Waals surface area contributed by atoms with Crippen LogP contribution >= 0.6 is 0 Å². The highest BCUT2D eigenvalue weighted by molar-refractivity contribution is 5.67. The van der Waals surface area contributed by atoms with Crippen molar-refractivity contribution in [1.29, 1.82) is 0 Å². The molecule has 1 amide bonds. The maximum Gasteiger partial charge on any atom is 0.409 e. The molecule has 0 rings (SSSR count). The van der Waals surface area contributed by atoms with Crippen LogP contribution in [-0.4, -0.2) is 30.7 Å². The van der Waals surface area contributed by atoms with Crippen LogP contribution in [-0.2, 0) is 4.74 Å². The van der Waals surface area contributed by atoms with E-state index < -0.39 is 0 Å². The number of nitrogens with zero attached hydrogens (tertiary/aromatic N) is 1. The fraction of sp³-hybridized carbons (Fsp3) is 0.900. The predicted molar refractivity (Wildman–Crippen MR) is 53.8 cm³/mol. The van der Waals surface area contributed by atoms with E-state index in [2.05, 4.69) is 13.8 Å². The molecule has 0 aliphatic rings. The third-order valence-corrected chi connectivity index (χ3v) is 2.28. The van der Waals surface area contributed by atoms with Crippen molar-refractivity contribution in [3.63, 3.8) is 0 Å². The smallest absolute Gasteiger partial charge is 0.409 e. The van der Waals surface area contributed by atoms with Crippen LogP contribution in [0.15, 0.2) is 0 Å². The second-order valence-electron chi connectivity index (χ2n) is 3.27. The van der Waals surface area contributed by atoms with E-state index in [1.807, 2.05) is 6.92 Å². The van der Waals surface area contributed by atoms with Gasteiger partial charge in [-0.3, -0.25) is 0 Å². The average Bonchev–Trinajstić information content (AvgIpc) is 2.17. The Hall–Kier alpha value is -0.730. The first-order valence-corrected chi connectivity index (χ1v) is 5.01. The molecule has 13 heavy (non-hydrogen) atoms. The van der Waals surface area contributed by atoms with Gasteiger partial charge in [-0.25, -0.2) is 4.79 Å². The van der Waals surface area contributed by atoms with Crippen molar-refractivity contribution in [2.45, 2.75) is 46.1 Å². The number of carbonyl (C=O) groups excluding carboxylic acids is 1. The first-order chi connectivity index (χ1) is 6.17. The minimum Gasteiger partial charge on any atom is -0.453 e. The van der Waals surface area contributed by atoms with E-state index in [1.165, 1.54) is 7.11 Å². The Labute approximate surface area is 81.1 Å². The van der Waals surface area contributed by atoms with Gasteiger partial charge < -0.3 is 9.64 Å². The molecule has 0 saturated heterocycles. The number of hydrogen-bond donors (Lipinski definition) is 0. The van der Waals surface area contributed by atoms with E-state index in [0.29, 0.717) is 0 Å². The van der Waals surface area contributed by atoms with Crippen molar-refractivity contribution >= 4 is 6.09 Å². The summed E-state index contributed by atoms with van der Waals surface area (Å²) >= 11 is 0. The molecule has 0 aliphatic heterocycles. The van der Waals surface area contributed by atoms with Gasteiger partial charge in [0, 0.05) is 12.6 Å². The number of amides is 1. The van der Waals surface area contributed by atoms with Gasteiger partial charge in [0.25, 0.3) is 0 Å². The van der Waals surface area contributed by atoms with Crippen LogP contribution in [0.4, 0.5) is 4.79 Å². The van der Waals surface area contributed by atoms with Gasteiger partial charge in [0.2, 0.25) is 0 Å². The molecular weight excluding hydrogens is 166 g/mol. The van der Waals surface area contributed by atoms with Gasteiger partial charge in [-0.15, -0.1) is 0 Å². The van der Waals surface area contributed by atoms with Crippen molar-refractivity contribution < 1.29 is 9.53 Å². The average molecular weight is 187 g/mol. The third-order valence-electron chi connectivity index (χ3n) is 2.28. The van der Waals surface area contributed by atoms with Crippen LogP contribution in [0.2, 0.25) is 0 Å². The molecule has 1 atom stereocenters. The number of carbonyl (C=O) groups is 1. The molecule has 0 bridgehead atoms. The van der Waals surface area contributed by atoms with Gasteiger partial charge in [0.15, 0.2) is 0 Å². The quantitative estimate of drug-likeness (QED) is 0.662. The van der Waals surface area contributed by atoms with Crippen LogP contribution in [0.25, 0.3) is 0 Å². The molecule has 0 N–H and O–H groups in total. The maximum absolute atomic E-state index is 11.3. The molecule has 1 unspecified atom stereocenters. The minimum atomic E-state index is -0.206. The Morgan fingerprint density at radius 2 is 2.08 bits per heavy atom. The van der Waals surface area contributed by atoms with Crippen LogP contribution < -0.4 is 0 Å². The van der Waals surface area contributed by atoms with Gasteiger partial charge in [0.05, 0.1) is 7.11 Å². The van der Waals surface area contributed by atoms with Gasteiger partial charge in [0.1, 0.15) is 0 Å². The number of unbranched alkanes of at least 4 members (excludes halogenated alkanes) is 1. The molecule has 3 heteroatoms. The zero-order valence-electron chi connectivity index (χ0n) is 9.17. The summed E-state index contributed by atoms with van der Waals surface area (Å²) in [6.45, 7) is 7.05. The summed E-state index contributed by atoms with van der Waals surface area (Å²) in [5.41, 5.74) is 0. The Kier molecular flexibility index (Phi) is 6.37. The van der Waals surface area contributed by atoms with E-state index in [1.54, 1.807) is 4.90 Å². The minimum absolute atomic E-state index is 0.206. The van der Waals surface area contributed by atoms with Crippen LogP contribution in [0, 0.1) is 0 Å². The van der Waals surface area contributed by atoms with Gasteiger partial charge >= 0.3 is 6.09 Å². The fourth-order valence-corrected chi connectivity index (χ4v) is 1.16. The molecule has 3 nitrogen and oxygen atoms in total. The van der Waals surface area contributed by atoms with Crippen LogP contribution in [0.5, 0.6) is 0 Å².